The van der Waals surface area contributed by atoms with Gasteiger partial charge in [0, 0.05) is 74.5 Å². The number of piperazine rings is 1. The van der Waals surface area contributed by atoms with E-state index in [1.165, 1.54) is 16.5 Å². The van der Waals surface area contributed by atoms with Crippen LogP contribution in [0.25, 0.3) is 10.9 Å². The number of benzene rings is 1. The molecular formula is C22H29N5O. The molecule has 1 aromatic carbocycles. The SMILES string of the molecule is CCn1cc(CN2CCN(C(=O)CCc3c[nH]c4ccccc34)CC2)c(C)n1. The smallest absolute Gasteiger partial charge is 0.222 e. The minimum absolute atomic E-state index is 0.264. The van der Waals surface area contributed by atoms with Gasteiger partial charge in [-0.1, -0.05) is 18.2 Å². The maximum absolute atomic E-state index is 12.7. The topological polar surface area (TPSA) is 57.2 Å². The van der Waals surface area contributed by atoms with Gasteiger partial charge in [-0.15, -0.1) is 0 Å². The highest BCUT2D eigenvalue weighted by molar-refractivity contribution is 5.84. The molecule has 2 aromatic heterocycles. The molecule has 0 spiro atoms. The van der Waals surface area contributed by atoms with Crippen LogP contribution in [0.1, 0.15) is 30.2 Å². The average Bonchev–Trinajstić information content (AvgIpc) is 3.30. The van der Waals surface area contributed by atoms with E-state index in [0.29, 0.717) is 6.42 Å². The van der Waals surface area contributed by atoms with Crippen molar-refractivity contribution >= 4 is 16.8 Å². The number of para-hydroxylation sites is 1. The monoisotopic (exact) mass is 379 g/mol. The maximum Gasteiger partial charge on any atom is 0.222 e. The highest BCUT2D eigenvalue weighted by Crippen LogP contribution is 2.19. The molecule has 28 heavy (non-hydrogen) atoms. The molecule has 0 aliphatic carbocycles. The van der Waals surface area contributed by atoms with Gasteiger partial charge in [0.05, 0.1) is 5.69 Å². The van der Waals surface area contributed by atoms with Crippen LogP contribution < -0.4 is 0 Å². The first-order chi connectivity index (χ1) is 13.6. The molecule has 1 aliphatic rings. The number of hydrogen-bond acceptors (Lipinski definition) is 3. The van der Waals surface area contributed by atoms with E-state index in [2.05, 4.69) is 47.2 Å². The number of carbonyl (C=O) groups is 1. The van der Waals surface area contributed by atoms with E-state index in [0.717, 1.165) is 56.9 Å². The molecule has 0 radical (unpaired) electrons. The fourth-order valence-electron chi connectivity index (χ4n) is 4.01. The van der Waals surface area contributed by atoms with E-state index in [1.54, 1.807) is 0 Å². The Morgan fingerprint density at radius 2 is 1.93 bits per heavy atom. The zero-order chi connectivity index (χ0) is 19.5. The van der Waals surface area contributed by atoms with E-state index >= 15 is 0 Å². The summed E-state index contributed by atoms with van der Waals surface area (Å²) in [7, 11) is 0. The minimum atomic E-state index is 0.264. The zero-order valence-electron chi connectivity index (χ0n) is 16.8. The summed E-state index contributed by atoms with van der Waals surface area (Å²) in [6, 6.07) is 8.27. The van der Waals surface area contributed by atoms with Crippen LogP contribution in [-0.4, -0.2) is 56.7 Å². The predicted octanol–water partition coefficient (Wildman–Crippen LogP) is 2.97. The quantitative estimate of drug-likeness (QED) is 0.716. The van der Waals surface area contributed by atoms with Crippen LogP contribution in [0.4, 0.5) is 0 Å². The van der Waals surface area contributed by atoms with Crippen molar-refractivity contribution in [3.05, 3.63) is 53.5 Å². The third kappa shape index (κ3) is 3.97. The van der Waals surface area contributed by atoms with E-state index < -0.39 is 0 Å². The lowest BCUT2D eigenvalue weighted by Crippen LogP contribution is -2.48. The average molecular weight is 380 g/mol. The molecule has 3 heterocycles. The molecule has 1 N–H and O–H groups in total. The number of nitrogens with one attached hydrogen (secondary N) is 1. The lowest BCUT2D eigenvalue weighted by atomic mass is 10.1. The van der Waals surface area contributed by atoms with Gasteiger partial charge < -0.3 is 9.88 Å². The number of H-pyrrole nitrogens is 1. The van der Waals surface area contributed by atoms with Gasteiger partial charge in [-0.05, 0) is 31.9 Å². The van der Waals surface area contributed by atoms with Crippen molar-refractivity contribution in [2.24, 2.45) is 0 Å². The van der Waals surface area contributed by atoms with E-state index in [1.807, 2.05) is 27.9 Å². The Morgan fingerprint density at radius 1 is 1.14 bits per heavy atom. The van der Waals surface area contributed by atoms with Crippen LogP contribution in [0.3, 0.4) is 0 Å². The highest BCUT2D eigenvalue weighted by atomic mass is 16.2. The second-order valence-electron chi connectivity index (χ2n) is 7.61. The van der Waals surface area contributed by atoms with Crippen molar-refractivity contribution in [1.29, 1.82) is 0 Å². The van der Waals surface area contributed by atoms with Gasteiger partial charge in [0.2, 0.25) is 5.91 Å². The predicted molar refractivity (Wildman–Crippen MR) is 111 cm³/mol. The van der Waals surface area contributed by atoms with E-state index in [-0.39, 0.29) is 5.91 Å². The van der Waals surface area contributed by atoms with E-state index in [9.17, 15) is 4.79 Å². The van der Waals surface area contributed by atoms with Crippen molar-refractivity contribution in [2.75, 3.05) is 26.2 Å². The Balaban J connectivity index is 1.27. The second-order valence-corrected chi connectivity index (χ2v) is 7.61. The molecule has 148 valence electrons. The first-order valence-electron chi connectivity index (χ1n) is 10.2. The van der Waals surface area contributed by atoms with Crippen LogP contribution in [0.5, 0.6) is 0 Å². The molecule has 1 aliphatic heterocycles. The molecular weight excluding hydrogens is 350 g/mol. The van der Waals surface area contributed by atoms with Gasteiger partial charge in [0.15, 0.2) is 0 Å². The molecule has 6 nitrogen and oxygen atoms in total. The summed E-state index contributed by atoms with van der Waals surface area (Å²) in [5.74, 6) is 0.264. The number of fused-ring (bicyclic) bond motifs is 1. The summed E-state index contributed by atoms with van der Waals surface area (Å²) in [6.45, 7) is 9.48. The van der Waals surface area contributed by atoms with Crippen LogP contribution in [0, 0.1) is 6.92 Å². The Morgan fingerprint density at radius 3 is 2.68 bits per heavy atom. The zero-order valence-corrected chi connectivity index (χ0v) is 16.8. The molecule has 1 saturated heterocycles. The number of aromatic amines is 1. The standard InChI is InChI=1S/C22H29N5O/c1-3-27-16-19(17(2)24-27)15-25-10-12-26(13-11-25)22(28)9-8-18-14-23-21-7-5-4-6-20(18)21/h4-7,14,16,23H,3,8-13,15H2,1-2H3. The van der Waals surface area contributed by atoms with Gasteiger partial charge in [-0.3, -0.25) is 14.4 Å². The second kappa shape index (κ2) is 8.19. The minimum Gasteiger partial charge on any atom is -0.361 e. The van der Waals surface area contributed by atoms with Crippen molar-refractivity contribution in [2.45, 2.75) is 39.8 Å². The lowest BCUT2D eigenvalue weighted by molar-refractivity contribution is -0.132. The molecule has 4 rings (SSSR count). The number of rotatable bonds is 6. The van der Waals surface area contributed by atoms with Crippen molar-refractivity contribution in [1.82, 2.24) is 24.6 Å². The molecule has 0 unspecified atom stereocenters. The Hall–Kier alpha value is -2.60. The van der Waals surface area contributed by atoms with Gasteiger partial charge in [-0.25, -0.2) is 0 Å². The largest absolute Gasteiger partial charge is 0.361 e. The number of carbonyl (C=O) groups excluding carboxylic acids is 1. The first kappa shape index (κ1) is 18.7. The fourth-order valence-corrected chi connectivity index (χ4v) is 4.01. The molecule has 1 amide bonds. The van der Waals surface area contributed by atoms with Crippen LogP contribution in [-0.2, 0) is 24.3 Å². The third-order valence-corrected chi connectivity index (χ3v) is 5.77. The van der Waals surface area contributed by atoms with Gasteiger partial charge in [0.25, 0.3) is 0 Å². The third-order valence-electron chi connectivity index (χ3n) is 5.77. The summed E-state index contributed by atoms with van der Waals surface area (Å²) in [5.41, 5.74) is 4.77. The fraction of sp³-hybridized carbons (Fsp3) is 0.455. The normalized spacial score (nSPS) is 15.4. The number of hydrogen-bond donors (Lipinski definition) is 1. The molecule has 0 atom stereocenters. The Kier molecular flexibility index (Phi) is 5.48. The number of aromatic nitrogens is 3. The molecule has 6 heteroatoms. The highest BCUT2D eigenvalue weighted by Gasteiger charge is 2.22. The summed E-state index contributed by atoms with van der Waals surface area (Å²) in [5, 5.41) is 5.76. The summed E-state index contributed by atoms with van der Waals surface area (Å²) < 4.78 is 2.00. The van der Waals surface area contributed by atoms with Crippen LogP contribution in [0.2, 0.25) is 0 Å². The van der Waals surface area contributed by atoms with Gasteiger partial charge in [-0.2, -0.15) is 5.10 Å². The summed E-state index contributed by atoms with van der Waals surface area (Å²) in [6.07, 6.45) is 5.55. The van der Waals surface area contributed by atoms with Crippen molar-refractivity contribution < 1.29 is 4.79 Å². The maximum atomic E-state index is 12.7. The van der Waals surface area contributed by atoms with Gasteiger partial charge in [0.1, 0.15) is 0 Å². The summed E-state index contributed by atoms with van der Waals surface area (Å²) in [4.78, 5) is 20.4. The summed E-state index contributed by atoms with van der Waals surface area (Å²) >= 11 is 0. The Bertz CT molecular complexity index is 949. The lowest BCUT2D eigenvalue weighted by Gasteiger charge is -2.34. The number of nitrogens with zero attached hydrogens (tertiary/aromatic N) is 4. The van der Waals surface area contributed by atoms with Crippen molar-refractivity contribution in [3.8, 4) is 0 Å². The van der Waals surface area contributed by atoms with Crippen LogP contribution in [0.15, 0.2) is 36.7 Å². The van der Waals surface area contributed by atoms with Crippen molar-refractivity contribution in [3.63, 3.8) is 0 Å². The number of aryl methyl sites for hydroxylation is 3. The first-order valence-corrected chi connectivity index (χ1v) is 10.2. The molecule has 3 aromatic rings. The van der Waals surface area contributed by atoms with Crippen LogP contribution >= 0.6 is 0 Å². The molecule has 0 saturated carbocycles. The van der Waals surface area contributed by atoms with Gasteiger partial charge >= 0.3 is 0 Å². The molecule has 1 fully saturated rings. The van der Waals surface area contributed by atoms with E-state index in [4.69, 9.17) is 0 Å². The molecule has 0 bridgehead atoms. The Labute approximate surface area is 166 Å². The number of amides is 1.